The van der Waals surface area contributed by atoms with E-state index in [-0.39, 0.29) is 23.4 Å². The second-order valence-corrected chi connectivity index (χ2v) is 8.20. The number of fused-ring (bicyclic) bond motifs is 1. The molecule has 0 N–H and O–H groups in total. The van der Waals surface area contributed by atoms with Crippen molar-refractivity contribution in [1.82, 2.24) is 4.90 Å². The Kier molecular flexibility index (Phi) is 4.60. The molecule has 7 heteroatoms. The molecule has 0 spiro atoms. The third kappa shape index (κ3) is 3.08. The molecule has 0 bridgehead atoms. The molecule has 1 aromatic carbocycles. The lowest BCUT2D eigenvalue weighted by Crippen LogP contribution is -2.46. The van der Waals surface area contributed by atoms with Crippen LogP contribution in [0.3, 0.4) is 0 Å². The van der Waals surface area contributed by atoms with Gasteiger partial charge in [0, 0.05) is 12.2 Å². The zero-order valence-electron chi connectivity index (χ0n) is 13.0. The van der Waals surface area contributed by atoms with Crippen LogP contribution in [0.25, 0.3) is 0 Å². The molecule has 0 aromatic heterocycles. The van der Waals surface area contributed by atoms with Crippen LogP contribution in [0.4, 0.5) is 0 Å². The predicted molar refractivity (Wildman–Crippen MR) is 91.2 cm³/mol. The van der Waals surface area contributed by atoms with Gasteiger partial charge < -0.3 is 14.4 Å². The van der Waals surface area contributed by atoms with Gasteiger partial charge in [-0.2, -0.15) is 0 Å². The zero-order chi connectivity index (χ0) is 16.6. The van der Waals surface area contributed by atoms with Crippen LogP contribution in [-0.4, -0.2) is 40.6 Å². The molecule has 0 aliphatic carbocycles. The predicted octanol–water partition coefficient (Wildman–Crippen LogP) is 2.95. The number of ether oxygens (including phenoxy) is 2. The molecule has 0 radical (unpaired) electrons. The summed E-state index contributed by atoms with van der Waals surface area (Å²) in [5, 5.41) is 0. The van der Waals surface area contributed by atoms with E-state index in [9.17, 15) is 9.59 Å². The number of thioether (sulfide) groups is 1. The zero-order valence-corrected chi connectivity index (χ0v) is 15.4. The molecule has 124 valence electrons. The van der Waals surface area contributed by atoms with Gasteiger partial charge in [-0.3, -0.25) is 4.79 Å². The quantitative estimate of drug-likeness (QED) is 0.728. The maximum absolute atomic E-state index is 12.4. The maximum Gasteiger partial charge on any atom is 0.330 e. The topological polar surface area (TPSA) is 55.8 Å². The van der Waals surface area contributed by atoms with E-state index in [1.807, 2.05) is 25.1 Å². The van der Waals surface area contributed by atoms with Gasteiger partial charge >= 0.3 is 5.97 Å². The Labute approximate surface area is 147 Å². The van der Waals surface area contributed by atoms with Crippen molar-refractivity contribution < 1.29 is 19.1 Å². The van der Waals surface area contributed by atoms with Crippen molar-refractivity contribution in [3.8, 4) is 5.75 Å². The molecular weight excluding hydrogens is 382 g/mol. The lowest BCUT2D eigenvalue weighted by atomic mass is 10.2. The van der Waals surface area contributed by atoms with Crippen molar-refractivity contribution in [2.75, 3.05) is 12.9 Å². The number of esters is 1. The Morgan fingerprint density at radius 1 is 1.52 bits per heavy atom. The molecule has 1 aromatic rings. The first-order valence-electron chi connectivity index (χ1n) is 7.40. The summed E-state index contributed by atoms with van der Waals surface area (Å²) in [4.78, 5) is 25.9. The summed E-state index contributed by atoms with van der Waals surface area (Å²) in [7, 11) is 1.60. The molecule has 2 aliphatic rings. The van der Waals surface area contributed by atoms with Crippen LogP contribution in [-0.2, 0) is 20.9 Å². The summed E-state index contributed by atoms with van der Waals surface area (Å²) in [6.07, 6.45) is 1.31. The van der Waals surface area contributed by atoms with Gasteiger partial charge in [-0.1, -0.05) is 6.07 Å². The summed E-state index contributed by atoms with van der Waals surface area (Å²) in [6, 6.07) is 5.06. The van der Waals surface area contributed by atoms with Crippen LogP contribution >= 0.6 is 27.7 Å². The monoisotopic (exact) mass is 399 g/mol. The average molecular weight is 400 g/mol. The highest BCUT2D eigenvalue weighted by Gasteiger charge is 2.53. The van der Waals surface area contributed by atoms with E-state index in [0.29, 0.717) is 12.2 Å². The molecule has 5 nitrogen and oxygen atoms in total. The standard InChI is InChI=1S/C16H18BrNO4S/c1-16-6-5-14(19)18(16)12(9-23-16)15(20)22-8-10-3-4-13(21-2)11(17)7-10/h3-4,7,12H,5-6,8-9H2,1-2H3/t12-,16-/m0/s1. The number of amides is 1. The maximum atomic E-state index is 12.4. The molecular formula is C16H18BrNO4S. The second kappa shape index (κ2) is 6.36. The summed E-state index contributed by atoms with van der Waals surface area (Å²) < 4.78 is 11.4. The van der Waals surface area contributed by atoms with E-state index >= 15 is 0 Å². The normalized spacial score (nSPS) is 26.3. The lowest BCUT2D eigenvalue weighted by molar-refractivity contribution is -0.154. The number of hydrogen-bond donors (Lipinski definition) is 0. The molecule has 2 saturated heterocycles. The minimum absolute atomic E-state index is 0.0478. The fraction of sp³-hybridized carbons (Fsp3) is 0.500. The Morgan fingerprint density at radius 2 is 2.30 bits per heavy atom. The van der Waals surface area contributed by atoms with Crippen molar-refractivity contribution in [2.45, 2.75) is 37.3 Å². The third-order valence-corrected chi connectivity index (χ3v) is 6.44. The van der Waals surface area contributed by atoms with Crippen molar-refractivity contribution in [3.63, 3.8) is 0 Å². The molecule has 1 amide bonds. The fourth-order valence-corrected chi connectivity index (χ4v) is 5.05. The summed E-state index contributed by atoms with van der Waals surface area (Å²) in [6.45, 7) is 2.21. The summed E-state index contributed by atoms with van der Waals surface area (Å²) >= 11 is 5.08. The van der Waals surface area contributed by atoms with Crippen molar-refractivity contribution in [1.29, 1.82) is 0 Å². The molecule has 0 saturated carbocycles. The van der Waals surface area contributed by atoms with E-state index in [0.717, 1.165) is 22.2 Å². The van der Waals surface area contributed by atoms with Gasteiger partial charge in [-0.15, -0.1) is 11.8 Å². The van der Waals surface area contributed by atoms with E-state index in [1.165, 1.54) is 0 Å². The van der Waals surface area contributed by atoms with E-state index in [1.54, 1.807) is 23.8 Å². The van der Waals surface area contributed by atoms with Crippen LogP contribution in [0, 0.1) is 0 Å². The first kappa shape index (κ1) is 16.6. The van der Waals surface area contributed by atoms with Gasteiger partial charge in [0.2, 0.25) is 5.91 Å². The molecule has 2 heterocycles. The first-order chi connectivity index (χ1) is 10.9. The Morgan fingerprint density at radius 3 is 3.00 bits per heavy atom. The van der Waals surface area contributed by atoms with Gasteiger partial charge in [0.25, 0.3) is 0 Å². The van der Waals surface area contributed by atoms with Crippen molar-refractivity contribution in [3.05, 3.63) is 28.2 Å². The molecule has 3 rings (SSSR count). The Balaban J connectivity index is 1.64. The van der Waals surface area contributed by atoms with Gasteiger partial charge in [0.15, 0.2) is 0 Å². The number of carbonyl (C=O) groups excluding carboxylic acids is 2. The average Bonchev–Trinajstić information content (AvgIpc) is 3.02. The van der Waals surface area contributed by atoms with E-state index < -0.39 is 6.04 Å². The van der Waals surface area contributed by atoms with Gasteiger partial charge in [-0.25, -0.2) is 4.79 Å². The first-order valence-corrected chi connectivity index (χ1v) is 9.17. The Hall–Kier alpha value is -1.21. The number of hydrogen-bond acceptors (Lipinski definition) is 5. The highest BCUT2D eigenvalue weighted by molar-refractivity contribution is 9.10. The van der Waals surface area contributed by atoms with Crippen LogP contribution in [0.15, 0.2) is 22.7 Å². The van der Waals surface area contributed by atoms with Gasteiger partial charge in [0.1, 0.15) is 18.4 Å². The van der Waals surface area contributed by atoms with Crippen LogP contribution in [0.2, 0.25) is 0 Å². The van der Waals surface area contributed by atoms with Crippen LogP contribution in [0.1, 0.15) is 25.3 Å². The molecule has 2 fully saturated rings. The summed E-state index contributed by atoms with van der Waals surface area (Å²) in [5.74, 6) is 1.05. The SMILES string of the molecule is COc1ccc(COC(=O)[C@@H]2CS[C@@]3(C)CCC(=O)N23)cc1Br. The highest BCUT2D eigenvalue weighted by Crippen LogP contribution is 2.47. The van der Waals surface area contributed by atoms with Crippen molar-refractivity contribution >= 4 is 39.6 Å². The van der Waals surface area contributed by atoms with Gasteiger partial charge in [0.05, 0.1) is 16.5 Å². The number of benzene rings is 1. The molecule has 0 unspecified atom stereocenters. The number of carbonyl (C=O) groups is 2. The molecule has 2 atom stereocenters. The minimum Gasteiger partial charge on any atom is -0.496 e. The summed E-state index contributed by atoms with van der Waals surface area (Å²) in [5.41, 5.74) is 0.868. The van der Waals surface area contributed by atoms with Crippen molar-refractivity contribution in [2.24, 2.45) is 0 Å². The van der Waals surface area contributed by atoms with Crippen LogP contribution < -0.4 is 4.74 Å². The largest absolute Gasteiger partial charge is 0.496 e. The fourth-order valence-electron chi connectivity index (χ4n) is 3.05. The van der Waals surface area contributed by atoms with Crippen LogP contribution in [0.5, 0.6) is 5.75 Å². The van der Waals surface area contributed by atoms with E-state index in [2.05, 4.69) is 15.9 Å². The third-order valence-electron chi connectivity index (χ3n) is 4.31. The number of halogens is 1. The Bertz CT molecular complexity index is 653. The number of rotatable bonds is 4. The number of methoxy groups -OCH3 is 1. The number of nitrogens with zero attached hydrogens (tertiary/aromatic N) is 1. The lowest BCUT2D eigenvalue weighted by Gasteiger charge is -2.29. The molecule has 2 aliphatic heterocycles. The van der Waals surface area contributed by atoms with E-state index in [4.69, 9.17) is 9.47 Å². The second-order valence-electron chi connectivity index (χ2n) is 5.84. The smallest absolute Gasteiger partial charge is 0.330 e. The van der Waals surface area contributed by atoms with Gasteiger partial charge in [-0.05, 0) is 47.0 Å². The molecule has 23 heavy (non-hydrogen) atoms. The highest BCUT2D eigenvalue weighted by atomic mass is 79.9. The minimum atomic E-state index is -0.471.